The molecule has 4 fully saturated rings. The van der Waals surface area contributed by atoms with E-state index in [0.717, 1.165) is 25.7 Å². The number of carbonyl (C=O) groups is 2. The van der Waals surface area contributed by atoms with E-state index >= 15 is 0 Å². The number of aromatic nitrogens is 4. The first-order chi connectivity index (χ1) is 18.9. The van der Waals surface area contributed by atoms with Gasteiger partial charge < -0.3 is 39.8 Å². The Kier molecular flexibility index (Phi) is 7.27. The van der Waals surface area contributed by atoms with E-state index in [9.17, 15) is 19.8 Å². The second-order valence-corrected chi connectivity index (χ2v) is 10.7. The van der Waals surface area contributed by atoms with Gasteiger partial charge in [0.1, 0.15) is 31.2 Å². The van der Waals surface area contributed by atoms with E-state index in [2.05, 4.69) is 25.6 Å². The minimum Gasteiger partial charge on any atom is -0.466 e. The van der Waals surface area contributed by atoms with E-state index in [1.54, 1.807) is 6.92 Å². The molecule has 2 bridgehead atoms. The summed E-state index contributed by atoms with van der Waals surface area (Å²) >= 11 is 0. The van der Waals surface area contributed by atoms with E-state index in [-0.39, 0.29) is 49.0 Å². The average Bonchev–Trinajstić information content (AvgIpc) is 3.75. The first kappa shape index (κ1) is 26.2. The van der Waals surface area contributed by atoms with Crippen LogP contribution in [-0.4, -0.2) is 98.6 Å². The lowest BCUT2D eigenvalue weighted by molar-refractivity contribution is -0.150. The predicted octanol–water partition coefficient (Wildman–Crippen LogP) is 0.350. The van der Waals surface area contributed by atoms with Crippen LogP contribution in [0.15, 0.2) is 12.7 Å². The highest BCUT2D eigenvalue weighted by Crippen LogP contribution is 2.49. The van der Waals surface area contributed by atoms with Gasteiger partial charge in [0.15, 0.2) is 23.2 Å². The first-order valence-corrected chi connectivity index (χ1v) is 13.6. The molecule has 39 heavy (non-hydrogen) atoms. The van der Waals surface area contributed by atoms with E-state index in [0.29, 0.717) is 30.2 Å². The van der Waals surface area contributed by atoms with Gasteiger partial charge in [0.05, 0.1) is 31.5 Å². The minimum absolute atomic E-state index is 0.114. The Labute approximate surface area is 224 Å². The smallest absolute Gasteiger partial charge is 0.407 e. The van der Waals surface area contributed by atoms with Crippen LogP contribution in [0.5, 0.6) is 0 Å². The van der Waals surface area contributed by atoms with Crippen LogP contribution in [-0.2, 0) is 23.7 Å². The van der Waals surface area contributed by atoms with E-state index in [1.807, 2.05) is 0 Å². The van der Waals surface area contributed by atoms with Crippen molar-refractivity contribution in [3.63, 3.8) is 0 Å². The number of nitrogens with one attached hydrogen (secondary N) is 2. The largest absolute Gasteiger partial charge is 0.466 e. The average molecular weight is 547 g/mol. The van der Waals surface area contributed by atoms with Crippen molar-refractivity contribution in [2.24, 2.45) is 17.8 Å². The van der Waals surface area contributed by atoms with Gasteiger partial charge in [-0.05, 0) is 44.4 Å². The van der Waals surface area contributed by atoms with Gasteiger partial charge in [-0.2, -0.15) is 0 Å². The Balaban J connectivity index is 1.09. The quantitative estimate of drug-likeness (QED) is 0.334. The van der Waals surface area contributed by atoms with Crippen molar-refractivity contribution in [3.8, 4) is 0 Å². The molecular formula is C25H34N6O8. The molecule has 6 rings (SSSR count). The molecule has 1 amide bonds. The summed E-state index contributed by atoms with van der Waals surface area (Å²) in [6.45, 7) is 3.01. The third kappa shape index (κ3) is 4.90. The molecule has 14 heteroatoms. The lowest BCUT2D eigenvalue weighted by atomic mass is 9.84. The molecule has 2 aliphatic heterocycles. The number of nitrogens with zero attached hydrogens (tertiary/aromatic N) is 4. The van der Waals surface area contributed by atoms with Crippen molar-refractivity contribution >= 4 is 29.0 Å². The molecule has 14 nitrogen and oxygen atoms in total. The second kappa shape index (κ2) is 10.8. The van der Waals surface area contributed by atoms with Crippen molar-refractivity contribution in [3.05, 3.63) is 12.7 Å². The van der Waals surface area contributed by atoms with Gasteiger partial charge in [0.2, 0.25) is 0 Å². The Bertz CT molecular complexity index is 1200. The van der Waals surface area contributed by atoms with Crippen LogP contribution in [0.25, 0.3) is 11.2 Å². The Morgan fingerprint density at radius 1 is 1.13 bits per heavy atom. The maximum Gasteiger partial charge on any atom is 0.407 e. The molecule has 9 unspecified atom stereocenters. The maximum absolute atomic E-state index is 12.7. The molecule has 4 N–H and O–H groups in total. The van der Waals surface area contributed by atoms with Crippen molar-refractivity contribution in [1.82, 2.24) is 24.8 Å². The number of rotatable bonds is 8. The summed E-state index contributed by atoms with van der Waals surface area (Å²) in [7, 11) is 0. The van der Waals surface area contributed by atoms with Crippen LogP contribution in [0.1, 0.15) is 38.8 Å². The molecule has 9 atom stereocenters. The number of imidazole rings is 1. The van der Waals surface area contributed by atoms with Gasteiger partial charge in [-0.1, -0.05) is 0 Å². The Hall–Kier alpha value is -3.07. The second-order valence-electron chi connectivity index (χ2n) is 10.7. The number of anilines is 1. The minimum atomic E-state index is -1.31. The fraction of sp³-hybridized carbons (Fsp3) is 0.720. The lowest BCUT2D eigenvalue weighted by Crippen LogP contribution is -2.48. The molecule has 0 spiro atoms. The molecule has 2 saturated carbocycles. The fourth-order valence-electron chi connectivity index (χ4n) is 6.49. The summed E-state index contributed by atoms with van der Waals surface area (Å²) in [6.07, 6.45) is 1.16. The van der Waals surface area contributed by atoms with Crippen LogP contribution in [0.4, 0.5) is 10.6 Å². The van der Waals surface area contributed by atoms with E-state index in [4.69, 9.17) is 18.9 Å². The van der Waals surface area contributed by atoms with Crippen molar-refractivity contribution in [1.29, 1.82) is 0 Å². The third-order valence-electron chi connectivity index (χ3n) is 8.38. The van der Waals surface area contributed by atoms with Crippen molar-refractivity contribution in [2.75, 3.05) is 31.7 Å². The molecule has 0 aromatic carbocycles. The lowest BCUT2D eigenvalue weighted by Gasteiger charge is -2.29. The molecule has 4 heterocycles. The molecule has 2 saturated heterocycles. The summed E-state index contributed by atoms with van der Waals surface area (Å²) in [5, 5.41) is 27.6. The van der Waals surface area contributed by atoms with Gasteiger partial charge in [-0.3, -0.25) is 9.36 Å². The number of fused-ring (bicyclic) bond motifs is 3. The van der Waals surface area contributed by atoms with Gasteiger partial charge >= 0.3 is 12.1 Å². The number of carbonyl (C=O) groups excluding carboxylic acids is 2. The maximum atomic E-state index is 12.7. The zero-order valence-electron chi connectivity index (χ0n) is 21.6. The van der Waals surface area contributed by atoms with Crippen LogP contribution in [0, 0.1) is 17.8 Å². The highest BCUT2D eigenvalue weighted by Gasteiger charge is 2.52. The van der Waals surface area contributed by atoms with E-state index < -0.39 is 30.6 Å². The fourth-order valence-corrected chi connectivity index (χ4v) is 6.49. The van der Waals surface area contributed by atoms with Gasteiger partial charge in [0, 0.05) is 12.6 Å². The highest BCUT2D eigenvalue weighted by molar-refractivity contribution is 5.83. The number of hydrogen-bond donors (Lipinski definition) is 4. The van der Waals surface area contributed by atoms with Crippen LogP contribution < -0.4 is 10.6 Å². The van der Waals surface area contributed by atoms with Crippen LogP contribution in [0.2, 0.25) is 0 Å². The van der Waals surface area contributed by atoms with Crippen molar-refractivity contribution < 1.29 is 38.7 Å². The highest BCUT2D eigenvalue weighted by atomic mass is 16.6. The summed E-state index contributed by atoms with van der Waals surface area (Å²) in [6, 6.07) is -0.235. The molecule has 4 aliphatic rings. The van der Waals surface area contributed by atoms with Gasteiger partial charge in [-0.15, -0.1) is 0 Å². The zero-order valence-corrected chi connectivity index (χ0v) is 21.6. The normalized spacial score (nSPS) is 35.4. The summed E-state index contributed by atoms with van der Waals surface area (Å²) in [5.74, 6) is 0.273. The summed E-state index contributed by atoms with van der Waals surface area (Å²) in [5.41, 5.74) is 0.916. The van der Waals surface area contributed by atoms with Crippen molar-refractivity contribution in [2.45, 2.75) is 69.2 Å². The number of esters is 1. The number of aliphatic hydroxyl groups is 2. The molecule has 0 radical (unpaired) electrons. The SMILES string of the molecule is CCOC(=O)C1C2CCC(C2)C1NC(=O)OCC1OC(n2cnc3c(NC4CCOC4)ncnc32)C(O)C1O. The monoisotopic (exact) mass is 546 g/mol. The standard InChI is InChI=1S/C25H34N6O8/c1-2-37-24(34)16-12-3-4-13(7-12)17(16)30-25(35)38-9-15-19(32)20(33)23(39-15)31-11-28-18-21(26-10-27-22(18)31)29-14-5-6-36-8-14/h10-17,19-20,23,32-33H,2-9H2,1H3,(H,30,35)(H,26,27,29). The van der Waals surface area contributed by atoms with Gasteiger partial charge in [-0.25, -0.2) is 19.7 Å². The first-order valence-electron chi connectivity index (χ1n) is 13.6. The topological polar surface area (TPSA) is 179 Å². The number of amides is 1. The molecule has 2 aromatic heterocycles. The Morgan fingerprint density at radius 2 is 1.97 bits per heavy atom. The predicted molar refractivity (Wildman–Crippen MR) is 133 cm³/mol. The summed E-state index contributed by atoms with van der Waals surface area (Å²) < 4.78 is 23.5. The number of alkyl carbamates (subject to hydrolysis) is 1. The molecule has 2 aromatic rings. The summed E-state index contributed by atoms with van der Waals surface area (Å²) in [4.78, 5) is 38.2. The molecule has 212 valence electrons. The number of aliphatic hydroxyl groups excluding tert-OH is 2. The van der Waals surface area contributed by atoms with E-state index in [1.165, 1.54) is 17.2 Å². The van der Waals surface area contributed by atoms with Crippen LogP contribution >= 0.6 is 0 Å². The molecular weight excluding hydrogens is 512 g/mol. The number of hydrogen-bond acceptors (Lipinski definition) is 12. The Morgan fingerprint density at radius 3 is 2.77 bits per heavy atom. The number of ether oxygens (including phenoxy) is 4. The third-order valence-corrected chi connectivity index (χ3v) is 8.38. The molecule has 2 aliphatic carbocycles. The van der Waals surface area contributed by atoms with Gasteiger partial charge in [0.25, 0.3) is 0 Å². The zero-order chi connectivity index (χ0) is 27.1. The van der Waals surface area contributed by atoms with Crippen LogP contribution in [0.3, 0.4) is 0 Å².